The predicted octanol–water partition coefficient (Wildman–Crippen LogP) is 15.3. The van der Waals surface area contributed by atoms with Gasteiger partial charge in [-0.25, -0.2) is 0 Å². The number of fused-ring (bicyclic) bond motifs is 7. The molecular weight excluding hydrogens is 661 g/mol. The van der Waals surface area contributed by atoms with Gasteiger partial charge in [-0.15, -0.1) is 0 Å². The van der Waals surface area contributed by atoms with Crippen molar-refractivity contribution in [2.24, 2.45) is 0 Å². The van der Waals surface area contributed by atoms with Crippen molar-refractivity contribution < 1.29 is 0 Å². The van der Waals surface area contributed by atoms with Crippen molar-refractivity contribution in [2.45, 2.75) is 19.3 Å². The summed E-state index contributed by atoms with van der Waals surface area (Å²) in [5, 5.41) is 10.2. The molecular formula is C55H38. The van der Waals surface area contributed by atoms with E-state index in [-0.39, 0.29) is 5.41 Å². The first kappa shape index (κ1) is 31.7. The summed E-state index contributed by atoms with van der Waals surface area (Å²) in [6, 6.07) is 72.2. The third-order valence-corrected chi connectivity index (χ3v) is 12.2. The van der Waals surface area contributed by atoms with Crippen LogP contribution in [0.3, 0.4) is 0 Å². The van der Waals surface area contributed by atoms with Crippen LogP contribution in [0.4, 0.5) is 0 Å². The van der Waals surface area contributed by atoms with Gasteiger partial charge in [-0.1, -0.05) is 184 Å². The number of hydrogen-bond acceptors (Lipinski definition) is 0. The Kier molecular flexibility index (Phi) is 7.00. The van der Waals surface area contributed by atoms with E-state index in [9.17, 15) is 0 Å². The molecule has 10 aromatic rings. The average molecular weight is 699 g/mol. The normalized spacial score (nSPS) is 13.1. The first-order valence-electron chi connectivity index (χ1n) is 19.3. The lowest BCUT2D eigenvalue weighted by Gasteiger charge is -2.22. The molecule has 0 aliphatic heterocycles. The van der Waals surface area contributed by atoms with E-state index in [4.69, 9.17) is 0 Å². The van der Waals surface area contributed by atoms with Gasteiger partial charge in [0, 0.05) is 5.41 Å². The molecule has 0 N–H and O–H groups in total. The summed E-state index contributed by atoms with van der Waals surface area (Å²) in [6.45, 7) is 4.75. The van der Waals surface area contributed by atoms with E-state index in [2.05, 4.69) is 208 Å². The number of benzene rings is 10. The second kappa shape index (κ2) is 12.1. The van der Waals surface area contributed by atoms with Crippen molar-refractivity contribution in [3.8, 4) is 55.6 Å². The molecule has 0 saturated heterocycles. The SMILES string of the molecule is CC1(C)c2cc(-c3ccc(-c4c5ccccc5c(-c5ccc(-c6ccc7ccccc7c6)cc5)c5ccccc45)cc3)ccc2-c2cc3ccccc3cc21. The van der Waals surface area contributed by atoms with E-state index in [1.165, 1.54) is 110 Å². The van der Waals surface area contributed by atoms with Crippen LogP contribution in [0.1, 0.15) is 25.0 Å². The molecule has 10 aromatic carbocycles. The summed E-state index contributed by atoms with van der Waals surface area (Å²) in [4.78, 5) is 0. The highest BCUT2D eigenvalue weighted by Crippen LogP contribution is 2.51. The quantitative estimate of drug-likeness (QED) is 0.161. The summed E-state index contributed by atoms with van der Waals surface area (Å²) < 4.78 is 0. The van der Waals surface area contributed by atoms with Crippen molar-refractivity contribution in [2.75, 3.05) is 0 Å². The minimum atomic E-state index is -0.0685. The van der Waals surface area contributed by atoms with Crippen molar-refractivity contribution in [3.63, 3.8) is 0 Å². The van der Waals surface area contributed by atoms with Gasteiger partial charge in [0.25, 0.3) is 0 Å². The largest absolute Gasteiger partial charge is 0.0616 e. The summed E-state index contributed by atoms with van der Waals surface area (Å²) in [5.74, 6) is 0. The monoisotopic (exact) mass is 698 g/mol. The Bertz CT molecular complexity index is 3080. The fourth-order valence-corrected chi connectivity index (χ4v) is 9.38. The second-order valence-corrected chi connectivity index (χ2v) is 15.7. The van der Waals surface area contributed by atoms with E-state index in [1.54, 1.807) is 0 Å². The highest BCUT2D eigenvalue weighted by molar-refractivity contribution is 6.21. The van der Waals surface area contributed by atoms with Crippen molar-refractivity contribution in [3.05, 3.63) is 205 Å². The van der Waals surface area contributed by atoms with E-state index in [0.717, 1.165) is 0 Å². The number of rotatable bonds is 4. The molecule has 0 bridgehead atoms. The van der Waals surface area contributed by atoms with Gasteiger partial charge >= 0.3 is 0 Å². The zero-order valence-electron chi connectivity index (χ0n) is 31.0. The lowest BCUT2D eigenvalue weighted by atomic mass is 9.81. The minimum Gasteiger partial charge on any atom is -0.0616 e. The van der Waals surface area contributed by atoms with Crippen LogP contribution in [0, 0.1) is 0 Å². The number of hydrogen-bond donors (Lipinski definition) is 0. The molecule has 0 atom stereocenters. The van der Waals surface area contributed by atoms with Crippen LogP contribution in [-0.4, -0.2) is 0 Å². The van der Waals surface area contributed by atoms with E-state index in [1.807, 2.05) is 0 Å². The molecule has 0 radical (unpaired) electrons. The van der Waals surface area contributed by atoms with Gasteiger partial charge < -0.3 is 0 Å². The molecule has 0 amide bonds. The average Bonchev–Trinajstić information content (AvgIpc) is 3.46. The Morgan fingerprint density at radius 1 is 0.273 bits per heavy atom. The highest BCUT2D eigenvalue weighted by Gasteiger charge is 2.36. The first-order valence-corrected chi connectivity index (χ1v) is 19.3. The third-order valence-electron chi connectivity index (χ3n) is 12.2. The third kappa shape index (κ3) is 4.99. The first-order chi connectivity index (χ1) is 27.0. The summed E-state index contributed by atoms with van der Waals surface area (Å²) in [6.07, 6.45) is 0. The molecule has 0 fully saturated rings. The van der Waals surface area contributed by atoms with Crippen LogP contribution in [0.5, 0.6) is 0 Å². The Hall–Kier alpha value is -6.76. The molecule has 55 heavy (non-hydrogen) atoms. The lowest BCUT2D eigenvalue weighted by molar-refractivity contribution is 0.661. The zero-order chi connectivity index (χ0) is 36.7. The van der Waals surface area contributed by atoms with E-state index >= 15 is 0 Å². The molecule has 258 valence electrons. The Balaban J connectivity index is 0.987. The van der Waals surface area contributed by atoms with E-state index < -0.39 is 0 Å². The molecule has 1 aliphatic carbocycles. The molecule has 0 heterocycles. The smallest absolute Gasteiger partial charge is 0.0159 e. The van der Waals surface area contributed by atoms with Crippen molar-refractivity contribution in [1.29, 1.82) is 0 Å². The Morgan fingerprint density at radius 2 is 0.655 bits per heavy atom. The molecule has 0 spiro atoms. The van der Waals surface area contributed by atoms with Crippen LogP contribution in [0.15, 0.2) is 194 Å². The fourth-order valence-electron chi connectivity index (χ4n) is 9.38. The van der Waals surface area contributed by atoms with Crippen LogP contribution in [-0.2, 0) is 5.41 Å². The van der Waals surface area contributed by atoms with Gasteiger partial charge in [0.2, 0.25) is 0 Å². The van der Waals surface area contributed by atoms with Gasteiger partial charge in [0.1, 0.15) is 0 Å². The fraction of sp³-hybridized carbons (Fsp3) is 0.0545. The zero-order valence-corrected chi connectivity index (χ0v) is 31.0. The maximum atomic E-state index is 2.43. The molecule has 0 heteroatoms. The van der Waals surface area contributed by atoms with Crippen LogP contribution >= 0.6 is 0 Å². The van der Waals surface area contributed by atoms with Crippen LogP contribution in [0.2, 0.25) is 0 Å². The highest BCUT2D eigenvalue weighted by atomic mass is 14.4. The van der Waals surface area contributed by atoms with Gasteiger partial charge in [0.05, 0.1) is 0 Å². The van der Waals surface area contributed by atoms with Crippen LogP contribution in [0.25, 0.3) is 98.7 Å². The van der Waals surface area contributed by atoms with Gasteiger partial charge in [-0.2, -0.15) is 0 Å². The van der Waals surface area contributed by atoms with Gasteiger partial charge in [0.15, 0.2) is 0 Å². The van der Waals surface area contributed by atoms with Gasteiger partial charge in [-0.05, 0) is 134 Å². The molecule has 0 nitrogen and oxygen atoms in total. The second-order valence-electron chi connectivity index (χ2n) is 15.7. The molecule has 11 rings (SSSR count). The maximum absolute atomic E-state index is 2.43. The van der Waals surface area contributed by atoms with Crippen LogP contribution < -0.4 is 0 Å². The summed E-state index contributed by atoms with van der Waals surface area (Å²) in [7, 11) is 0. The van der Waals surface area contributed by atoms with Gasteiger partial charge in [-0.3, -0.25) is 0 Å². The van der Waals surface area contributed by atoms with Crippen molar-refractivity contribution >= 4 is 43.1 Å². The molecule has 0 aromatic heterocycles. The molecule has 0 saturated carbocycles. The van der Waals surface area contributed by atoms with Crippen molar-refractivity contribution in [1.82, 2.24) is 0 Å². The minimum absolute atomic E-state index is 0.0685. The topological polar surface area (TPSA) is 0 Å². The Morgan fingerprint density at radius 3 is 1.20 bits per heavy atom. The lowest BCUT2D eigenvalue weighted by Crippen LogP contribution is -2.15. The molecule has 0 unspecified atom stereocenters. The summed E-state index contributed by atoms with van der Waals surface area (Å²) >= 11 is 0. The van der Waals surface area contributed by atoms with E-state index in [0.29, 0.717) is 0 Å². The predicted molar refractivity (Wildman–Crippen MR) is 236 cm³/mol. The standard InChI is InChI=1S/C55H38/c1-55(2)51-34-44(29-30-45(51)50-32-41-13-5-6-14-42(41)33-52(50)55)37-21-26-39(27-22-37)54-48-17-9-7-15-46(48)53(47-16-8-10-18-49(47)54)38-24-19-36(20-25-38)43-28-23-35-11-3-4-12-40(35)31-43/h3-34H,1-2H3. The maximum Gasteiger partial charge on any atom is 0.0159 e. The summed E-state index contributed by atoms with van der Waals surface area (Å²) in [5.41, 5.74) is 15.5. The Labute approximate surface area is 322 Å². The molecule has 1 aliphatic rings.